The van der Waals surface area contributed by atoms with Gasteiger partial charge < -0.3 is 0 Å². The molecule has 0 saturated heterocycles. The summed E-state index contributed by atoms with van der Waals surface area (Å²) in [6.07, 6.45) is 0. The van der Waals surface area contributed by atoms with Crippen LogP contribution < -0.4 is 0 Å². The van der Waals surface area contributed by atoms with Gasteiger partial charge >= 0.3 is 5.38 Å². The second-order valence-electron chi connectivity index (χ2n) is 2.66. The van der Waals surface area contributed by atoms with E-state index >= 15 is 0 Å². The molecule has 0 amide bonds. The van der Waals surface area contributed by atoms with Gasteiger partial charge in [0.05, 0.1) is 10.6 Å². The van der Waals surface area contributed by atoms with Crippen molar-refractivity contribution in [2.75, 3.05) is 0 Å². The maximum absolute atomic E-state index is 12.8. The summed E-state index contributed by atoms with van der Waals surface area (Å²) in [4.78, 5) is 0. The molecule has 0 aliphatic carbocycles. The molecule has 0 aromatic heterocycles. The molecule has 0 bridgehead atoms. The summed E-state index contributed by atoms with van der Waals surface area (Å²) in [5.74, 6) is 0. The van der Waals surface area contributed by atoms with Crippen LogP contribution in [0.2, 0.25) is 5.02 Å². The highest BCUT2D eigenvalue weighted by Crippen LogP contribution is 2.46. The minimum absolute atomic E-state index is 0.0352. The van der Waals surface area contributed by atoms with E-state index in [0.29, 0.717) is 0 Å². The minimum Gasteiger partial charge on any atom is -0.183 e. The summed E-state index contributed by atoms with van der Waals surface area (Å²) in [5.41, 5.74) is -0.623. The van der Waals surface area contributed by atoms with Crippen molar-refractivity contribution in [3.05, 3.63) is 34.3 Å². The Balaban J connectivity index is 3.37. The van der Waals surface area contributed by atoms with Gasteiger partial charge in [0.25, 0.3) is 0 Å². The average molecular weight is 314 g/mol. The van der Waals surface area contributed by atoms with Crippen molar-refractivity contribution in [1.29, 1.82) is 0 Å². The fourth-order valence-electron chi connectivity index (χ4n) is 0.970. The third-order valence-corrected chi connectivity index (χ3v) is 2.83. The Kier molecular flexibility index (Phi) is 4.01. The number of hydrogen-bond acceptors (Lipinski definition) is 0. The Bertz CT molecular complexity index is 334. The lowest BCUT2D eigenvalue weighted by Gasteiger charge is -2.17. The molecule has 0 spiro atoms. The van der Waals surface area contributed by atoms with Crippen molar-refractivity contribution < 1.29 is 8.78 Å². The quantitative estimate of drug-likeness (QED) is 0.604. The minimum atomic E-state index is -3.59. The SMILES string of the molecule is FC(F)(Cl)c1cccc(C(Cl)(Cl)Cl)c1Cl. The lowest BCUT2D eigenvalue weighted by atomic mass is 10.1. The van der Waals surface area contributed by atoms with Crippen LogP contribution in [0.25, 0.3) is 0 Å². The first-order valence-electron chi connectivity index (χ1n) is 3.57. The molecule has 7 heteroatoms. The van der Waals surface area contributed by atoms with Gasteiger partial charge in [-0.2, -0.15) is 8.78 Å². The molecule has 1 rings (SSSR count). The zero-order valence-electron chi connectivity index (χ0n) is 6.88. The van der Waals surface area contributed by atoms with E-state index < -0.39 is 14.7 Å². The average Bonchev–Trinajstić information content (AvgIpc) is 1.99. The second kappa shape index (κ2) is 4.42. The first-order chi connectivity index (χ1) is 6.64. The Morgan fingerprint density at radius 2 is 1.40 bits per heavy atom. The summed E-state index contributed by atoms with van der Waals surface area (Å²) < 4.78 is 23.8. The Morgan fingerprint density at radius 3 is 1.80 bits per heavy atom. The van der Waals surface area contributed by atoms with E-state index in [0.717, 1.165) is 6.07 Å². The molecule has 0 saturated carbocycles. The molecule has 0 nitrogen and oxygen atoms in total. The molecule has 0 radical (unpaired) electrons. The largest absolute Gasteiger partial charge is 0.349 e. The van der Waals surface area contributed by atoms with Crippen LogP contribution in [0, 0.1) is 0 Å². The van der Waals surface area contributed by atoms with E-state index in [1.807, 2.05) is 0 Å². The highest BCUT2D eigenvalue weighted by Gasteiger charge is 2.35. The summed E-state index contributed by atoms with van der Waals surface area (Å²) in [6, 6.07) is 3.69. The van der Waals surface area contributed by atoms with Gasteiger partial charge in [0.1, 0.15) is 0 Å². The van der Waals surface area contributed by atoms with Gasteiger partial charge in [-0.3, -0.25) is 0 Å². The second-order valence-corrected chi connectivity index (χ2v) is 5.80. The van der Waals surface area contributed by atoms with Gasteiger partial charge in [-0.05, 0) is 11.6 Å². The monoisotopic (exact) mass is 312 g/mol. The van der Waals surface area contributed by atoms with Gasteiger partial charge in [-0.25, -0.2) is 0 Å². The van der Waals surface area contributed by atoms with Crippen LogP contribution in [0.1, 0.15) is 11.1 Å². The maximum atomic E-state index is 12.8. The Morgan fingerprint density at radius 1 is 0.933 bits per heavy atom. The van der Waals surface area contributed by atoms with E-state index in [1.54, 1.807) is 0 Å². The molecule has 0 heterocycles. The van der Waals surface area contributed by atoms with E-state index in [1.165, 1.54) is 12.1 Å². The fourth-order valence-corrected chi connectivity index (χ4v) is 2.18. The van der Waals surface area contributed by atoms with Crippen LogP contribution in [0.3, 0.4) is 0 Å². The molecule has 0 atom stereocenters. The molecule has 84 valence electrons. The van der Waals surface area contributed by atoms with Crippen molar-refractivity contribution in [2.24, 2.45) is 0 Å². The zero-order valence-corrected chi connectivity index (χ0v) is 10.7. The molecule has 1 aromatic rings. The van der Waals surface area contributed by atoms with Crippen molar-refractivity contribution >= 4 is 58.0 Å². The molecule has 15 heavy (non-hydrogen) atoms. The van der Waals surface area contributed by atoms with Crippen molar-refractivity contribution in [2.45, 2.75) is 9.17 Å². The van der Waals surface area contributed by atoms with Crippen molar-refractivity contribution in [1.82, 2.24) is 0 Å². The Hall–Kier alpha value is 0.530. The Labute approximate surface area is 110 Å². The van der Waals surface area contributed by atoms with Gasteiger partial charge in [-0.1, -0.05) is 64.6 Å². The number of alkyl halides is 6. The van der Waals surface area contributed by atoms with Crippen molar-refractivity contribution in [3.8, 4) is 0 Å². The van der Waals surface area contributed by atoms with Gasteiger partial charge in [0.2, 0.25) is 3.79 Å². The number of benzene rings is 1. The smallest absolute Gasteiger partial charge is 0.183 e. The third-order valence-electron chi connectivity index (χ3n) is 1.61. The van der Waals surface area contributed by atoms with Gasteiger partial charge in [-0.15, -0.1) is 0 Å². The maximum Gasteiger partial charge on any atom is 0.349 e. The van der Waals surface area contributed by atoms with Crippen LogP contribution in [0.5, 0.6) is 0 Å². The summed E-state index contributed by atoms with van der Waals surface area (Å²) in [5, 5.41) is -3.94. The van der Waals surface area contributed by atoms with Crippen LogP contribution >= 0.6 is 58.0 Å². The lowest BCUT2D eigenvalue weighted by Crippen LogP contribution is -2.09. The number of rotatable bonds is 1. The summed E-state index contributed by atoms with van der Waals surface area (Å²) in [6.45, 7) is 0. The molecule has 0 aliphatic rings. The normalized spacial score (nSPS) is 13.0. The number of hydrogen-bond donors (Lipinski definition) is 0. The predicted molar refractivity (Wildman–Crippen MR) is 60.4 cm³/mol. The molecule has 0 aliphatic heterocycles. The van der Waals surface area contributed by atoms with Crippen LogP contribution in [0.4, 0.5) is 8.78 Å². The number of halogens is 7. The van der Waals surface area contributed by atoms with Crippen LogP contribution in [-0.2, 0) is 9.17 Å². The summed E-state index contributed by atoms with van der Waals surface area (Å²) in [7, 11) is 0. The lowest BCUT2D eigenvalue weighted by molar-refractivity contribution is 0.0952. The third kappa shape index (κ3) is 3.24. The molecule has 0 N–H and O–H groups in total. The topological polar surface area (TPSA) is 0 Å². The summed E-state index contributed by atoms with van der Waals surface area (Å²) >= 11 is 27.1. The highest BCUT2D eigenvalue weighted by molar-refractivity contribution is 6.67. The fraction of sp³-hybridized carbons (Fsp3) is 0.250. The zero-order chi connectivity index (χ0) is 11.9. The van der Waals surface area contributed by atoms with Crippen LogP contribution in [-0.4, -0.2) is 0 Å². The predicted octanol–water partition coefficient (Wildman–Crippen LogP) is 5.45. The van der Waals surface area contributed by atoms with E-state index in [4.69, 9.17) is 58.0 Å². The van der Waals surface area contributed by atoms with E-state index in [-0.39, 0.29) is 10.6 Å². The first kappa shape index (κ1) is 13.6. The van der Waals surface area contributed by atoms with Gasteiger partial charge in [0.15, 0.2) is 0 Å². The molecule has 1 aromatic carbocycles. The standard InChI is InChI=1S/C8H3Cl5F2/c9-6-4(7(10,11)12)2-1-3-5(6)8(13,14)15/h1-3H. The first-order valence-corrected chi connectivity index (χ1v) is 5.46. The molecular weight excluding hydrogens is 311 g/mol. The molecular formula is C8H3Cl5F2. The van der Waals surface area contributed by atoms with Crippen molar-refractivity contribution in [3.63, 3.8) is 0 Å². The molecule has 0 unspecified atom stereocenters. The van der Waals surface area contributed by atoms with Crippen LogP contribution in [0.15, 0.2) is 18.2 Å². The van der Waals surface area contributed by atoms with E-state index in [2.05, 4.69) is 0 Å². The van der Waals surface area contributed by atoms with Gasteiger partial charge in [0, 0.05) is 5.56 Å². The highest BCUT2D eigenvalue weighted by atomic mass is 35.6. The molecule has 0 fully saturated rings. The van der Waals surface area contributed by atoms with E-state index in [9.17, 15) is 8.78 Å².